The Balaban J connectivity index is 1.67. The lowest BCUT2D eigenvalue weighted by Crippen LogP contribution is -2.45. The number of hydrogen-bond donors (Lipinski definition) is 1. The lowest BCUT2D eigenvalue weighted by Gasteiger charge is -2.33. The number of benzene rings is 1. The highest BCUT2D eigenvalue weighted by Gasteiger charge is 2.31. The molecule has 1 fully saturated rings. The molecule has 0 bridgehead atoms. The number of aromatic nitrogens is 1. The van der Waals surface area contributed by atoms with Crippen molar-refractivity contribution in [1.82, 2.24) is 9.88 Å². The van der Waals surface area contributed by atoms with Gasteiger partial charge in [-0.15, -0.1) is 11.3 Å². The normalized spacial score (nSPS) is 16.5. The maximum atomic E-state index is 12.8. The quantitative estimate of drug-likeness (QED) is 0.730. The Hall–Kier alpha value is -2.81. The van der Waals surface area contributed by atoms with E-state index >= 15 is 0 Å². The number of rotatable bonds is 5. The molecule has 1 N–H and O–H groups in total. The second kappa shape index (κ2) is 9.55. The summed E-state index contributed by atoms with van der Waals surface area (Å²) in [4.78, 5) is 31.3. The average Bonchev–Trinajstić information content (AvgIpc) is 3.20. The Morgan fingerprint density at radius 1 is 1.23 bits per heavy atom. The Bertz CT molecular complexity index is 937. The minimum atomic E-state index is -0.565. The number of hydrogen-bond acceptors (Lipinski definition) is 7. The fraction of sp³-hybridized carbons (Fsp3) is 0.500. The van der Waals surface area contributed by atoms with Crippen LogP contribution in [0.25, 0.3) is 11.3 Å². The van der Waals surface area contributed by atoms with E-state index in [0.717, 1.165) is 12.0 Å². The largest absolute Gasteiger partial charge is 0.497 e. The van der Waals surface area contributed by atoms with Gasteiger partial charge in [-0.2, -0.15) is 0 Å². The van der Waals surface area contributed by atoms with Gasteiger partial charge in [0, 0.05) is 24.0 Å². The molecule has 1 aromatic heterocycles. The Morgan fingerprint density at radius 2 is 2.00 bits per heavy atom. The summed E-state index contributed by atoms with van der Waals surface area (Å²) in [6.07, 6.45) is 1.08. The van der Waals surface area contributed by atoms with Crippen LogP contribution in [0.2, 0.25) is 0 Å². The van der Waals surface area contributed by atoms with Crippen LogP contribution in [0, 0.1) is 5.92 Å². The van der Waals surface area contributed by atoms with Crippen LogP contribution in [-0.4, -0.2) is 54.8 Å². The Morgan fingerprint density at radius 3 is 2.68 bits per heavy atom. The van der Waals surface area contributed by atoms with Crippen LogP contribution in [0.1, 0.15) is 33.6 Å². The average molecular weight is 448 g/mol. The number of thiazole rings is 1. The molecule has 2 heterocycles. The molecule has 3 rings (SSSR count). The summed E-state index contributed by atoms with van der Waals surface area (Å²) in [6, 6.07) is 5.48. The number of carbonyl (C=O) groups excluding carboxylic acids is 2. The zero-order valence-electron chi connectivity index (χ0n) is 18.6. The number of nitrogens with one attached hydrogen (secondary N) is 1. The van der Waals surface area contributed by atoms with E-state index in [0.29, 0.717) is 41.8 Å². The predicted molar refractivity (Wildman–Crippen MR) is 120 cm³/mol. The molecule has 9 heteroatoms. The molecule has 0 spiro atoms. The molecule has 0 saturated carbocycles. The molecule has 1 aliphatic rings. The second-order valence-corrected chi connectivity index (χ2v) is 9.22. The van der Waals surface area contributed by atoms with E-state index in [1.807, 2.05) is 44.4 Å². The van der Waals surface area contributed by atoms with Gasteiger partial charge in [-0.05, 0) is 51.8 Å². The smallest absolute Gasteiger partial charge is 0.410 e. The van der Waals surface area contributed by atoms with Crippen molar-refractivity contribution in [2.45, 2.75) is 39.2 Å². The summed E-state index contributed by atoms with van der Waals surface area (Å²) in [5.74, 6) is 0.912. The van der Waals surface area contributed by atoms with E-state index in [1.165, 1.54) is 11.3 Å². The van der Waals surface area contributed by atoms with Gasteiger partial charge in [0.2, 0.25) is 5.91 Å². The van der Waals surface area contributed by atoms with Crippen LogP contribution in [0.15, 0.2) is 23.6 Å². The molecule has 1 atom stereocenters. The first kappa shape index (κ1) is 22.9. The highest BCUT2D eigenvalue weighted by atomic mass is 32.1. The van der Waals surface area contributed by atoms with Gasteiger partial charge in [0.05, 0.1) is 25.8 Å². The number of ether oxygens (including phenoxy) is 3. The van der Waals surface area contributed by atoms with Crippen molar-refractivity contribution in [3.63, 3.8) is 0 Å². The topological polar surface area (TPSA) is 90.0 Å². The monoisotopic (exact) mass is 447 g/mol. The van der Waals surface area contributed by atoms with E-state index in [-0.39, 0.29) is 17.9 Å². The lowest BCUT2D eigenvalue weighted by atomic mass is 9.97. The van der Waals surface area contributed by atoms with Gasteiger partial charge in [0.1, 0.15) is 17.1 Å². The molecule has 168 valence electrons. The van der Waals surface area contributed by atoms with Crippen molar-refractivity contribution >= 4 is 28.5 Å². The second-order valence-electron chi connectivity index (χ2n) is 8.36. The summed E-state index contributed by atoms with van der Waals surface area (Å²) >= 11 is 1.34. The van der Waals surface area contributed by atoms with E-state index in [2.05, 4.69) is 10.3 Å². The molecule has 1 saturated heterocycles. The van der Waals surface area contributed by atoms with E-state index in [1.54, 1.807) is 19.1 Å². The van der Waals surface area contributed by atoms with E-state index in [9.17, 15) is 9.59 Å². The standard InChI is InChI=1S/C22H29N3O5S/c1-22(2,3)30-21(27)25-10-6-7-14(12-25)19(26)24-20-23-17(13-31-20)16-11-15(28-4)8-9-18(16)29-5/h8-9,11,13-14H,6-7,10,12H2,1-5H3,(H,23,24,26)/t14-/m0/s1. The van der Waals surface area contributed by atoms with Crippen LogP contribution >= 0.6 is 11.3 Å². The number of nitrogens with zero attached hydrogens (tertiary/aromatic N) is 2. The first-order chi connectivity index (χ1) is 14.7. The summed E-state index contributed by atoms with van der Waals surface area (Å²) in [5, 5.41) is 5.25. The van der Waals surface area contributed by atoms with Crippen molar-refractivity contribution in [3.05, 3.63) is 23.6 Å². The Kier molecular flexibility index (Phi) is 7.04. The predicted octanol–water partition coefficient (Wildman–Crippen LogP) is 4.41. The molecule has 1 aromatic carbocycles. The molecule has 0 unspecified atom stereocenters. The Labute approximate surface area is 186 Å². The zero-order valence-corrected chi connectivity index (χ0v) is 19.4. The summed E-state index contributed by atoms with van der Waals surface area (Å²) in [7, 11) is 3.20. The third kappa shape index (κ3) is 5.88. The number of amides is 2. The van der Waals surface area contributed by atoms with Gasteiger partial charge < -0.3 is 24.4 Å². The summed E-state index contributed by atoms with van der Waals surface area (Å²) in [5.41, 5.74) is 0.910. The highest BCUT2D eigenvalue weighted by molar-refractivity contribution is 7.14. The van der Waals surface area contributed by atoms with Crippen molar-refractivity contribution < 1.29 is 23.8 Å². The molecule has 8 nitrogen and oxygen atoms in total. The van der Waals surface area contributed by atoms with Crippen LogP contribution in [0.5, 0.6) is 11.5 Å². The highest BCUT2D eigenvalue weighted by Crippen LogP contribution is 2.35. The first-order valence-electron chi connectivity index (χ1n) is 10.2. The van der Waals surface area contributed by atoms with Crippen LogP contribution in [-0.2, 0) is 9.53 Å². The number of methoxy groups -OCH3 is 2. The van der Waals surface area contributed by atoms with Crippen molar-refractivity contribution in [1.29, 1.82) is 0 Å². The first-order valence-corrected chi connectivity index (χ1v) is 11.0. The van der Waals surface area contributed by atoms with Gasteiger partial charge >= 0.3 is 6.09 Å². The third-order valence-electron chi connectivity index (χ3n) is 4.86. The SMILES string of the molecule is COc1ccc(OC)c(-c2csc(NC(=O)[C@H]3CCCN(C(=O)OC(C)(C)C)C3)n2)c1. The maximum absolute atomic E-state index is 12.8. The fourth-order valence-corrected chi connectivity index (χ4v) is 4.07. The molecule has 1 aliphatic heterocycles. The minimum Gasteiger partial charge on any atom is -0.497 e. The third-order valence-corrected chi connectivity index (χ3v) is 5.62. The zero-order chi connectivity index (χ0) is 22.6. The molecule has 2 aromatic rings. The summed E-state index contributed by atoms with van der Waals surface area (Å²) in [6.45, 7) is 6.42. The van der Waals surface area contributed by atoms with Crippen molar-refractivity contribution in [2.75, 3.05) is 32.6 Å². The maximum Gasteiger partial charge on any atom is 0.410 e. The van der Waals surface area contributed by atoms with Gasteiger partial charge in [-0.25, -0.2) is 9.78 Å². The number of carbonyl (C=O) groups is 2. The van der Waals surface area contributed by atoms with Gasteiger partial charge in [0.25, 0.3) is 0 Å². The van der Waals surface area contributed by atoms with Crippen molar-refractivity contribution in [2.24, 2.45) is 5.92 Å². The minimum absolute atomic E-state index is 0.147. The fourth-order valence-electron chi connectivity index (χ4n) is 3.36. The lowest BCUT2D eigenvalue weighted by molar-refractivity contribution is -0.121. The molecule has 0 aliphatic carbocycles. The molecular weight excluding hydrogens is 418 g/mol. The molecule has 0 radical (unpaired) electrons. The van der Waals surface area contributed by atoms with Crippen LogP contribution < -0.4 is 14.8 Å². The van der Waals surface area contributed by atoms with Crippen LogP contribution in [0.3, 0.4) is 0 Å². The van der Waals surface area contributed by atoms with Gasteiger partial charge in [-0.1, -0.05) is 0 Å². The van der Waals surface area contributed by atoms with Crippen LogP contribution in [0.4, 0.5) is 9.93 Å². The van der Waals surface area contributed by atoms with Crippen molar-refractivity contribution in [3.8, 4) is 22.8 Å². The molecular formula is C22H29N3O5S. The van der Waals surface area contributed by atoms with E-state index < -0.39 is 5.60 Å². The number of piperidine rings is 1. The van der Waals surface area contributed by atoms with E-state index in [4.69, 9.17) is 14.2 Å². The molecule has 31 heavy (non-hydrogen) atoms. The summed E-state index contributed by atoms with van der Waals surface area (Å²) < 4.78 is 16.2. The van der Waals surface area contributed by atoms with Gasteiger partial charge in [-0.3, -0.25) is 4.79 Å². The number of likely N-dealkylation sites (tertiary alicyclic amines) is 1. The number of anilines is 1. The van der Waals surface area contributed by atoms with Gasteiger partial charge in [0.15, 0.2) is 5.13 Å². The molecule has 2 amide bonds.